The Kier molecular flexibility index (Phi) is 3.41. The van der Waals surface area contributed by atoms with Crippen molar-refractivity contribution >= 4 is 11.6 Å². The highest BCUT2D eigenvalue weighted by Crippen LogP contribution is 2.22. The second-order valence-electron chi connectivity index (χ2n) is 5.84. The average molecular weight is 294 g/mol. The zero-order valence-electron chi connectivity index (χ0n) is 12.3. The van der Waals surface area contributed by atoms with E-state index < -0.39 is 0 Å². The van der Waals surface area contributed by atoms with Crippen LogP contribution in [-0.4, -0.2) is 12.5 Å². The van der Waals surface area contributed by atoms with Crippen LogP contribution in [0.25, 0.3) is 0 Å². The van der Waals surface area contributed by atoms with Crippen molar-refractivity contribution in [3.8, 4) is 0 Å². The van der Waals surface area contributed by atoms with E-state index in [1.54, 1.807) is 0 Å². The van der Waals surface area contributed by atoms with Crippen LogP contribution in [0.4, 0.5) is 5.69 Å². The molecule has 0 fully saturated rings. The van der Waals surface area contributed by atoms with Gasteiger partial charge in [0.1, 0.15) is 0 Å². The Morgan fingerprint density at radius 1 is 1.00 bits per heavy atom. The summed E-state index contributed by atoms with van der Waals surface area (Å²) in [5.74, 6) is -0.0709. The normalized spacial score (nSPS) is 16.0. The summed E-state index contributed by atoms with van der Waals surface area (Å²) in [5.41, 5.74) is 6.46. The molecule has 0 unspecified atom stereocenters. The fourth-order valence-corrected chi connectivity index (χ4v) is 3.07. The third-order valence-corrected chi connectivity index (χ3v) is 4.33. The Morgan fingerprint density at radius 3 is 2.82 bits per heavy atom. The predicted octanol–water partition coefficient (Wildman–Crippen LogP) is 2.61. The van der Waals surface area contributed by atoms with Gasteiger partial charge in [0, 0.05) is 17.8 Å². The second kappa shape index (κ2) is 5.55. The first-order chi connectivity index (χ1) is 10.8. The maximum absolute atomic E-state index is 12.4. The summed E-state index contributed by atoms with van der Waals surface area (Å²) in [6.45, 7) is 3.14. The molecule has 4 heteroatoms. The van der Waals surface area contributed by atoms with Crippen molar-refractivity contribution in [3.05, 3.63) is 64.2 Å². The van der Waals surface area contributed by atoms with Gasteiger partial charge in [0.05, 0.1) is 13.2 Å². The van der Waals surface area contributed by atoms with Crippen molar-refractivity contribution in [2.75, 3.05) is 11.9 Å². The van der Waals surface area contributed by atoms with Gasteiger partial charge in [0.2, 0.25) is 0 Å². The van der Waals surface area contributed by atoms with Gasteiger partial charge in [-0.05, 0) is 59.5 Å². The zero-order chi connectivity index (χ0) is 14.9. The van der Waals surface area contributed by atoms with E-state index in [1.807, 2.05) is 24.3 Å². The third-order valence-electron chi connectivity index (χ3n) is 4.33. The van der Waals surface area contributed by atoms with Crippen LogP contribution in [0.2, 0.25) is 0 Å². The molecule has 2 heterocycles. The van der Waals surface area contributed by atoms with Crippen LogP contribution >= 0.6 is 0 Å². The lowest BCUT2D eigenvalue weighted by molar-refractivity contribution is 0.102. The first-order valence-corrected chi connectivity index (χ1v) is 7.63. The Labute approximate surface area is 129 Å². The standard InChI is InChI=1S/C18H18N2O2/c21-18(13-1-2-14-10-22-11-16(14)7-13)20-17-4-3-12-5-6-19-9-15(12)8-17/h1-4,7-8,19H,5-6,9-11H2,(H,20,21). The number of carbonyl (C=O) groups is 1. The highest BCUT2D eigenvalue weighted by molar-refractivity contribution is 6.04. The van der Waals surface area contributed by atoms with Crippen LogP contribution in [0.3, 0.4) is 0 Å². The quantitative estimate of drug-likeness (QED) is 0.895. The molecule has 0 atom stereocenters. The summed E-state index contributed by atoms with van der Waals surface area (Å²) >= 11 is 0. The number of ether oxygens (including phenoxy) is 1. The number of rotatable bonds is 2. The number of amides is 1. The summed E-state index contributed by atoms with van der Waals surface area (Å²) in [7, 11) is 0. The first-order valence-electron chi connectivity index (χ1n) is 7.63. The van der Waals surface area contributed by atoms with Gasteiger partial charge >= 0.3 is 0 Å². The van der Waals surface area contributed by atoms with Crippen LogP contribution < -0.4 is 10.6 Å². The minimum Gasteiger partial charge on any atom is -0.372 e. The molecule has 0 saturated heterocycles. The predicted molar refractivity (Wildman–Crippen MR) is 84.7 cm³/mol. The molecule has 2 aromatic rings. The molecule has 4 nitrogen and oxygen atoms in total. The summed E-state index contributed by atoms with van der Waals surface area (Å²) in [5, 5.41) is 6.35. The van der Waals surface area contributed by atoms with Crippen molar-refractivity contribution in [2.24, 2.45) is 0 Å². The van der Waals surface area contributed by atoms with Gasteiger partial charge in [-0.1, -0.05) is 12.1 Å². The molecule has 22 heavy (non-hydrogen) atoms. The van der Waals surface area contributed by atoms with Gasteiger partial charge < -0.3 is 15.4 Å². The van der Waals surface area contributed by atoms with Crippen LogP contribution in [0.15, 0.2) is 36.4 Å². The van der Waals surface area contributed by atoms with Crippen LogP contribution in [0.5, 0.6) is 0 Å². The van der Waals surface area contributed by atoms with Crippen molar-refractivity contribution < 1.29 is 9.53 Å². The molecule has 0 radical (unpaired) electrons. The first kappa shape index (κ1) is 13.5. The van der Waals surface area contributed by atoms with Gasteiger partial charge in [-0.15, -0.1) is 0 Å². The molecule has 1 amide bonds. The van der Waals surface area contributed by atoms with Crippen LogP contribution in [-0.2, 0) is 30.9 Å². The average Bonchev–Trinajstić information content (AvgIpc) is 3.02. The molecule has 2 N–H and O–H groups in total. The van der Waals surface area contributed by atoms with E-state index in [0.717, 1.165) is 30.8 Å². The summed E-state index contributed by atoms with van der Waals surface area (Å²) in [4.78, 5) is 12.4. The van der Waals surface area contributed by atoms with Crippen molar-refractivity contribution in [1.82, 2.24) is 5.32 Å². The molecule has 112 valence electrons. The van der Waals surface area contributed by atoms with Crippen molar-refractivity contribution in [1.29, 1.82) is 0 Å². The highest BCUT2D eigenvalue weighted by atomic mass is 16.5. The maximum atomic E-state index is 12.4. The lowest BCUT2D eigenvalue weighted by Crippen LogP contribution is -2.23. The topological polar surface area (TPSA) is 50.4 Å². The number of fused-ring (bicyclic) bond motifs is 2. The molecule has 0 aliphatic carbocycles. The molecule has 0 spiro atoms. The Morgan fingerprint density at radius 2 is 1.86 bits per heavy atom. The van der Waals surface area contributed by atoms with E-state index >= 15 is 0 Å². The monoisotopic (exact) mass is 294 g/mol. The molecule has 0 aromatic heterocycles. The fraction of sp³-hybridized carbons (Fsp3) is 0.278. The van der Waals surface area contributed by atoms with E-state index in [2.05, 4.69) is 22.8 Å². The van der Waals surface area contributed by atoms with Crippen LogP contribution in [0.1, 0.15) is 32.6 Å². The van der Waals surface area contributed by atoms with Gasteiger partial charge in [-0.25, -0.2) is 0 Å². The summed E-state index contributed by atoms with van der Waals surface area (Å²) < 4.78 is 5.39. The Bertz CT molecular complexity index is 740. The second-order valence-corrected chi connectivity index (χ2v) is 5.84. The van der Waals surface area contributed by atoms with Crippen molar-refractivity contribution in [2.45, 2.75) is 26.2 Å². The zero-order valence-corrected chi connectivity index (χ0v) is 12.3. The van der Waals surface area contributed by atoms with Gasteiger partial charge in [-0.2, -0.15) is 0 Å². The third kappa shape index (κ3) is 2.51. The number of anilines is 1. The van der Waals surface area contributed by atoms with Gasteiger partial charge in [0.25, 0.3) is 5.91 Å². The fourth-order valence-electron chi connectivity index (χ4n) is 3.07. The largest absolute Gasteiger partial charge is 0.372 e. The minimum absolute atomic E-state index is 0.0709. The van der Waals surface area contributed by atoms with Gasteiger partial charge in [0.15, 0.2) is 0 Å². The molecule has 0 bridgehead atoms. The number of benzene rings is 2. The smallest absolute Gasteiger partial charge is 0.255 e. The number of nitrogens with one attached hydrogen (secondary N) is 2. The summed E-state index contributed by atoms with van der Waals surface area (Å²) in [6, 6.07) is 11.9. The molecule has 2 aliphatic heterocycles. The molecule has 2 aliphatic rings. The Hall–Kier alpha value is -2.17. The van der Waals surface area contributed by atoms with Gasteiger partial charge in [-0.3, -0.25) is 4.79 Å². The number of hydrogen-bond acceptors (Lipinski definition) is 3. The molecular formula is C18H18N2O2. The molecular weight excluding hydrogens is 276 g/mol. The highest BCUT2D eigenvalue weighted by Gasteiger charge is 2.15. The minimum atomic E-state index is -0.0709. The van der Waals surface area contributed by atoms with E-state index in [-0.39, 0.29) is 5.91 Å². The molecule has 2 aromatic carbocycles. The van der Waals surface area contributed by atoms with E-state index in [1.165, 1.54) is 16.7 Å². The Balaban J connectivity index is 1.54. The van der Waals surface area contributed by atoms with Crippen LogP contribution in [0, 0.1) is 0 Å². The lowest BCUT2D eigenvalue weighted by atomic mass is 10.0. The van der Waals surface area contributed by atoms with Crippen molar-refractivity contribution in [3.63, 3.8) is 0 Å². The van der Waals surface area contributed by atoms with E-state index in [4.69, 9.17) is 4.74 Å². The van der Waals surface area contributed by atoms with E-state index in [9.17, 15) is 4.79 Å². The SMILES string of the molecule is O=C(Nc1ccc2c(c1)CNCC2)c1ccc2c(c1)COC2. The number of hydrogen-bond donors (Lipinski definition) is 2. The maximum Gasteiger partial charge on any atom is 0.255 e. The molecule has 4 rings (SSSR count). The number of carbonyl (C=O) groups excluding carboxylic acids is 1. The summed E-state index contributed by atoms with van der Waals surface area (Å²) in [6.07, 6.45) is 1.05. The molecule has 0 saturated carbocycles. The van der Waals surface area contributed by atoms with E-state index in [0.29, 0.717) is 18.8 Å². The lowest BCUT2D eigenvalue weighted by Gasteiger charge is -2.18.